The molecule has 0 spiro atoms. The first kappa shape index (κ1) is 22.7. The molecule has 0 radical (unpaired) electrons. The van der Waals surface area contributed by atoms with E-state index in [1.54, 1.807) is 0 Å². The summed E-state index contributed by atoms with van der Waals surface area (Å²) in [7, 11) is 0. The van der Waals surface area contributed by atoms with Crippen LogP contribution in [-0.2, 0) is 0 Å². The third-order valence-corrected chi connectivity index (χ3v) is 8.59. The first-order chi connectivity index (χ1) is 21.3. The second-order valence-electron chi connectivity index (χ2n) is 11.0. The Morgan fingerprint density at radius 2 is 1.19 bits per heavy atom. The predicted molar refractivity (Wildman–Crippen MR) is 174 cm³/mol. The van der Waals surface area contributed by atoms with Crippen molar-refractivity contribution in [2.75, 3.05) is 0 Å². The van der Waals surface area contributed by atoms with E-state index in [0.717, 1.165) is 82.3 Å². The Morgan fingerprint density at radius 1 is 0.465 bits per heavy atom. The average molecular weight is 552 g/mol. The zero-order valence-corrected chi connectivity index (χ0v) is 22.8. The van der Waals surface area contributed by atoms with Crippen molar-refractivity contribution >= 4 is 76.6 Å². The molecule has 0 N–H and O–H groups in total. The lowest BCUT2D eigenvalue weighted by atomic mass is 10.1. The van der Waals surface area contributed by atoms with Gasteiger partial charge in [-0.1, -0.05) is 91.0 Å². The average Bonchev–Trinajstić information content (AvgIpc) is 3.71. The summed E-state index contributed by atoms with van der Waals surface area (Å²) in [5, 5.41) is 7.71. The lowest BCUT2D eigenvalue weighted by Gasteiger charge is -2.09. The van der Waals surface area contributed by atoms with Gasteiger partial charge in [0.1, 0.15) is 28.0 Å². The van der Waals surface area contributed by atoms with Crippen LogP contribution in [0.2, 0.25) is 0 Å². The van der Waals surface area contributed by atoms with E-state index in [0.29, 0.717) is 11.5 Å². The first-order valence-electron chi connectivity index (χ1n) is 14.3. The molecule has 10 aromatic rings. The van der Waals surface area contributed by atoms with Crippen molar-refractivity contribution < 1.29 is 8.83 Å². The summed E-state index contributed by atoms with van der Waals surface area (Å²) in [6, 6.07) is 43.8. The highest BCUT2D eigenvalue weighted by atomic mass is 16.3. The number of nitrogens with zero attached hydrogens (tertiary/aromatic N) is 3. The summed E-state index contributed by atoms with van der Waals surface area (Å²) in [5.41, 5.74) is 7.74. The number of para-hydroxylation sites is 2. The standard InChI is InChI=1S/C38H21N3O2/c1-2-10-22(11-3-1)35-37-36(29-18-23-12-4-5-13-24(23)19-33(29)43-37)40-38(39-35)41-30-16-8-6-14-25(30)27-20-28-26-15-7-9-17-32(26)42-34(28)21-31(27)41/h1-21H. The van der Waals surface area contributed by atoms with Crippen molar-refractivity contribution in [2.24, 2.45) is 0 Å². The molecule has 0 unspecified atom stereocenters. The number of hydrogen-bond acceptors (Lipinski definition) is 4. The van der Waals surface area contributed by atoms with Gasteiger partial charge in [-0.25, -0.2) is 9.97 Å². The second-order valence-corrected chi connectivity index (χ2v) is 11.0. The van der Waals surface area contributed by atoms with Crippen LogP contribution in [0.1, 0.15) is 0 Å². The highest BCUT2D eigenvalue weighted by Gasteiger charge is 2.22. The van der Waals surface area contributed by atoms with Crippen LogP contribution >= 0.6 is 0 Å². The molecule has 0 atom stereocenters. The minimum Gasteiger partial charge on any atom is -0.456 e. The van der Waals surface area contributed by atoms with E-state index in [2.05, 4.69) is 95.6 Å². The molecule has 200 valence electrons. The Bertz CT molecular complexity index is 2730. The van der Waals surface area contributed by atoms with Gasteiger partial charge >= 0.3 is 0 Å². The number of hydrogen-bond donors (Lipinski definition) is 0. The highest BCUT2D eigenvalue weighted by Crippen LogP contribution is 2.40. The van der Waals surface area contributed by atoms with Crippen LogP contribution < -0.4 is 0 Å². The Morgan fingerprint density at radius 3 is 2.07 bits per heavy atom. The van der Waals surface area contributed by atoms with Crippen molar-refractivity contribution in [3.63, 3.8) is 0 Å². The monoisotopic (exact) mass is 551 g/mol. The second kappa shape index (κ2) is 8.30. The molecule has 43 heavy (non-hydrogen) atoms. The van der Waals surface area contributed by atoms with Crippen LogP contribution in [0.3, 0.4) is 0 Å². The fourth-order valence-electron chi connectivity index (χ4n) is 6.61. The Kier molecular flexibility index (Phi) is 4.39. The molecule has 4 heterocycles. The molecule has 0 bridgehead atoms. The smallest absolute Gasteiger partial charge is 0.236 e. The predicted octanol–water partition coefficient (Wildman–Crippen LogP) is 10.2. The molecule has 10 rings (SSSR count). The summed E-state index contributed by atoms with van der Waals surface area (Å²) in [6.45, 7) is 0. The van der Waals surface area contributed by atoms with Gasteiger partial charge in [0.2, 0.25) is 5.95 Å². The molecule has 0 amide bonds. The molecule has 0 aliphatic rings. The van der Waals surface area contributed by atoms with E-state index in [-0.39, 0.29) is 0 Å². The third kappa shape index (κ3) is 3.16. The van der Waals surface area contributed by atoms with Gasteiger partial charge in [0, 0.05) is 38.6 Å². The van der Waals surface area contributed by atoms with Crippen LogP contribution in [0.5, 0.6) is 0 Å². The number of fused-ring (bicyclic) bond motifs is 10. The van der Waals surface area contributed by atoms with Gasteiger partial charge in [0.15, 0.2) is 5.58 Å². The van der Waals surface area contributed by atoms with Gasteiger partial charge in [-0.15, -0.1) is 0 Å². The maximum atomic E-state index is 6.54. The Labute approximate surface area is 244 Å². The quantitative estimate of drug-likeness (QED) is 0.214. The molecule has 0 saturated carbocycles. The van der Waals surface area contributed by atoms with E-state index in [9.17, 15) is 0 Å². The van der Waals surface area contributed by atoms with E-state index >= 15 is 0 Å². The lowest BCUT2D eigenvalue weighted by molar-refractivity contribution is 0.667. The topological polar surface area (TPSA) is 57.0 Å². The minimum absolute atomic E-state index is 0.587. The van der Waals surface area contributed by atoms with Crippen LogP contribution in [0.15, 0.2) is 136 Å². The fourth-order valence-corrected chi connectivity index (χ4v) is 6.61. The summed E-state index contributed by atoms with van der Waals surface area (Å²) in [5.74, 6) is 0.587. The number of rotatable bonds is 2. The Hall–Kier alpha value is -5.94. The number of benzene rings is 6. The van der Waals surface area contributed by atoms with Crippen LogP contribution in [0.4, 0.5) is 0 Å². The van der Waals surface area contributed by atoms with Gasteiger partial charge in [0.25, 0.3) is 0 Å². The number of furan rings is 2. The van der Waals surface area contributed by atoms with Crippen molar-refractivity contribution in [1.82, 2.24) is 14.5 Å². The van der Waals surface area contributed by atoms with E-state index in [1.807, 2.05) is 36.4 Å². The summed E-state index contributed by atoms with van der Waals surface area (Å²) < 4.78 is 15.0. The maximum absolute atomic E-state index is 6.54. The van der Waals surface area contributed by atoms with Crippen molar-refractivity contribution in [3.05, 3.63) is 127 Å². The van der Waals surface area contributed by atoms with Gasteiger partial charge in [-0.3, -0.25) is 4.57 Å². The van der Waals surface area contributed by atoms with Gasteiger partial charge in [-0.05, 0) is 41.1 Å². The molecule has 5 heteroatoms. The van der Waals surface area contributed by atoms with E-state index < -0.39 is 0 Å². The van der Waals surface area contributed by atoms with Crippen LogP contribution in [0, 0.1) is 0 Å². The van der Waals surface area contributed by atoms with Crippen molar-refractivity contribution in [3.8, 4) is 17.2 Å². The molecule has 4 aromatic heterocycles. The lowest BCUT2D eigenvalue weighted by Crippen LogP contribution is -2.02. The Balaban J connectivity index is 1.36. The maximum Gasteiger partial charge on any atom is 0.236 e. The van der Waals surface area contributed by atoms with Crippen LogP contribution in [-0.4, -0.2) is 14.5 Å². The molecule has 0 saturated heterocycles. The van der Waals surface area contributed by atoms with Gasteiger partial charge in [-0.2, -0.15) is 0 Å². The van der Waals surface area contributed by atoms with Gasteiger partial charge in [0.05, 0.1) is 11.0 Å². The summed E-state index contributed by atoms with van der Waals surface area (Å²) >= 11 is 0. The van der Waals surface area contributed by atoms with Gasteiger partial charge < -0.3 is 8.83 Å². The third-order valence-electron chi connectivity index (χ3n) is 8.59. The zero-order chi connectivity index (χ0) is 28.1. The molecule has 0 aliphatic heterocycles. The molecule has 0 fully saturated rings. The number of aromatic nitrogens is 3. The molecule has 0 aliphatic carbocycles. The normalized spacial score (nSPS) is 12.2. The largest absolute Gasteiger partial charge is 0.456 e. The molecular formula is C38H21N3O2. The fraction of sp³-hybridized carbons (Fsp3) is 0. The summed E-state index contributed by atoms with van der Waals surface area (Å²) in [6.07, 6.45) is 0. The van der Waals surface area contributed by atoms with E-state index in [4.69, 9.17) is 18.8 Å². The zero-order valence-electron chi connectivity index (χ0n) is 22.8. The van der Waals surface area contributed by atoms with Crippen LogP contribution in [0.25, 0.3) is 93.8 Å². The van der Waals surface area contributed by atoms with Crippen molar-refractivity contribution in [2.45, 2.75) is 0 Å². The van der Waals surface area contributed by atoms with Crippen molar-refractivity contribution in [1.29, 1.82) is 0 Å². The molecule has 5 nitrogen and oxygen atoms in total. The minimum atomic E-state index is 0.587. The molecule has 6 aromatic carbocycles. The highest BCUT2D eigenvalue weighted by molar-refractivity contribution is 6.17. The first-order valence-corrected chi connectivity index (χ1v) is 14.3. The SMILES string of the molecule is c1ccc(-c2nc(-n3c4ccccc4c4cc5c(cc43)oc3ccccc35)nc3c2oc2cc4ccccc4cc23)cc1. The van der Waals surface area contributed by atoms with E-state index in [1.165, 1.54) is 0 Å². The summed E-state index contributed by atoms with van der Waals surface area (Å²) in [4.78, 5) is 10.5. The molecular weight excluding hydrogens is 530 g/mol.